The number of fused-ring (bicyclic) bond motifs is 1. The smallest absolute Gasteiger partial charge is 0.252 e. The maximum absolute atomic E-state index is 13.6. The number of hydrogen-bond acceptors (Lipinski definition) is 5. The maximum Gasteiger partial charge on any atom is 0.252 e. The van der Waals surface area contributed by atoms with Gasteiger partial charge in [-0.05, 0) is 70.2 Å². The lowest BCUT2D eigenvalue weighted by molar-refractivity contribution is 0.0910. The highest BCUT2D eigenvalue weighted by Crippen LogP contribution is 2.29. The predicted molar refractivity (Wildman–Crippen MR) is 140 cm³/mol. The van der Waals surface area contributed by atoms with E-state index in [1.807, 2.05) is 29.8 Å². The Bertz CT molecular complexity index is 1200. The molecule has 1 aliphatic rings. The molecule has 0 bridgehead atoms. The van der Waals surface area contributed by atoms with Gasteiger partial charge in [-0.1, -0.05) is 26.0 Å². The molecule has 7 heteroatoms. The Kier molecular flexibility index (Phi) is 7.17. The van der Waals surface area contributed by atoms with Crippen LogP contribution >= 0.6 is 0 Å². The molecule has 0 saturated carbocycles. The Morgan fingerprint density at radius 2 is 1.91 bits per heavy atom. The zero-order valence-electron chi connectivity index (χ0n) is 22.2. The van der Waals surface area contributed by atoms with Gasteiger partial charge in [0.15, 0.2) is 5.65 Å². The van der Waals surface area contributed by atoms with E-state index < -0.39 is 0 Å². The van der Waals surface area contributed by atoms with Crippen molar-refractivity contribution in [2.24, 2.45) is 0 Å². The normalized spacial score (nSPS) is 15.7. The molecular formula is C28H39N5O2. The molecule has 0 spiro atoms. The van der Waals surface area contributed by atoms with Gasteiger partial charge in [-0.15, -0.1) is 0 Å². The summed E-state index contributed by atoms with van der Waals surface area (Å²) < 4.78 is 7.31. The van der Waals surface area contributed by atoms with E-state index in [0.717, 1.165) is 60.6 Å². The number of benzene rings is 1. The first kappa shape index (κ1) is 25.2. The molecule has 1 aliphatic heterocycles. The van der Waals surface area contributed by atoms with E-state index in [4.69, 9.17) is 14.8 Å². The molecule has 0 atom stereocenters. The van der Waals surface area contributed by atoms with Gasteiger partial charge in [0.1, 0.15) is 5.75 Å². The Labute approximate surface area is 208 Å². The lowest BCUT2D eigenvalue weighted by Gasteiger charge is -2.32. The number of pyridine rings is 1. The zero-order valence-corrected chi connectivity index (χ0v) is 22.2. The number of carbonyl (C=O) groups excluding carboxylic acids is 1. The topological polar surface area (TPSA) is 72.3 Å². The summed E-state index contributed by atoms with van der Waals surface area (Å²) in [6, 6.07) is 10.4. The number of piperidine rings is 1. The molecule has 4 rings (SSSR count). The van der Waals surface area contributed by atoms with Crippen molar-refractivity contribution in [3.63, 3.8) is 0 Å². The van der Waals surface area contributed by atoms with Crippen LogP contribution in [0.5, 0.6) is 5.75 Å². The number of methoxy groups -OCH3 is 1. The molecule has 0 aliphatic carbocycles. The lowest BCUT2D eigenvalue weighted by atomic mass is 10.0. The van der Waals surface area contributed by atoms with Crippen molar-refractivity contribution in [2.75, 3.05) is 20.2 Å². The summed E-state index contributed by atoms with van der Waals surface area (Å²) in [4.78, 5) is 20.9. The highest BCUT2D eigenvalue weighted by Gasteiger charge is 2.27. The number of nitrogens with one attached hydrogen (secondary N) is 1. The van der Waals surface area contributed by atoms with E-state index in [2.05, 4.69) is 57.0 Å². The summed E-state index contributed by atoms with van der Waals surface area (Å²) in [5.41, 5.74) is 4.26. The molecule has 0 unspecified atom stereocenters. The maximum atomic E-state index is 13.6. The van der Waals surface area contributed by atoms with Crippen molar-refractivity contribution >= 4 is 16.9 Å². The van der Waals surface area contributed by atoms with E-state index in [1.165, 1.54) is 5.56 Å². The number of nitrogens with zero attached hydrogens (tertiary/aromatic N) is 4. The number of likely N-dealkylation sites (tertiary alicyclic amines) is 1. The first-order valence-electron chi connectivity index (χ1n) is 12.6. The number of amides is 1. The van der Waals surface area contributed by atoms with E-state index in [9.17, 15) is 4.79 Å². The summed E-state index contributed by atoms with van der Waals surface area (Å²) in [5, 5.41) is 8.95. The number of aryl methyl sites for hydroxylation is 1. The second kappa shape index (κ2) is 9.97. The quantitative estimate of drug-likeness (QED) is 0.540. The second-order valence-corrected chi connectivity index (χ2v) is 11.0. The minimum Gasteiger partial charge on any atom is -0.497 e. The standard InChI is InChI=1S/C28H39N5O2/c1-18(2)24-16-23(25-19(3)31-33(26(25)30-24)28(4,5)6)27(34)29-21-11-13-32(14-12-21)17-20-9-8-10-22(15-20)35-7/h8-10,15-16,18,21H,11-14,17H2,1-7H3,(H,29,34). The molecule has 1 fully saturated rings. The third-order valence-corrected chi connectivity index (χ3v) is 6.77. The van der Waals surface area contributed by atoms with Crippen LogP contribution in [0.2, 0.25) is 0 Å². The summed E-state index contributed by atoms with van der Waals surface area (Å²) in [5.74, 6) is 1.08. The molecule has 3 heterocycles. The molecule has 1 saturated heterocycles. The van der Waals surface area contributed by atoms with Crippen molar-refractivity contribution < 1.29 is 9.53 Å². The van der Waals surface area contributed by atoms with Gasteiger partial charge in [0.05, 0.1) is 29.3 Å². The van der Waals surface area contributed by atoms with Crippen LogP contribution in [-0.4, -0.2) is 51.8 Å². The number of aromatic nitrogens is 3. The molecule has 7 nitrogen and oxygen atoms in total. The zero-order chi connectivity index (χ0) is 25.3. The van der Waals surface area contributed by atoms with Crippen LogP contribution in [-0.2, 0) is 12.1 Å². The fraction of sp³-hybridized carbons (Fsp3) is 0.536. The number of hydrogen-bond donors (Lipinski definition) is 1. The third-order valence-electron chi connectivity index (χ3n) is 6.77. The molecule has 0 radical (unpaired) electrons. The second-order valence-electron chi connectivity index (χ2n) is 11.0. The summed E-state index contributed by atoms with van der Waals surface area (Å²) in [6.07, 6.45) is 1.86. The average Bonchev–Trinajstić information content (AvgIpc) is 3.17. The monoisotopic (exact) mass is 477 g/mol. The van der Waals surface area contributed by atoms with Crippen molar-refractivity contribution in [3.05, 3.63) is 52.8 Å². The molecule has 2 aromatic heterocycles. The first-order valence-corrected chi connectivity index (χ1v) is 12.6. The average molecular weight is 478 g/mol. The van der Waals surface area contributed by atoms with Crippen LogP contribution in [0.25, 0.3) is 11.0 Å². The Balaban J connectivity index is 1.50. The summed E-state index contributed by atoms with van der Waals surface area (Å²) in [6.45, 7) is 15.3. The van der Waals surface area contributed by atoms with Gasteiger partial charge in [0.25, 0.3) is 5.91 Å². The number of rotatable bonds is 6. The van der Waals surface area contributed by atoms with Crippen molar-refractivity contribution in [1.29, 1.82) is 0 Å². The Morgan fingerprint density at radius 3 is 2.54 bits per heavy atom. The van der Waals surface area contributed by atoms with E-state index >= 15 is 0 Å². The lowest BCUT2D eigenvalue weighted by Crippen LogP contribution is -2.44. The fourth-order valence-corrected chi connectivity index (χ4v) is 4.78. The molecule has 188 valence electrons. The van der Waals surface area contributed by atoms with E-state index in [-0.39, 0.29) is 23.4 Å². The van der Waals surface area contributed by atoms with Crippen molar-refractivity contribution in [3.8, 4) is 5.75 Å². The Hall–Kier alpha value is -2.93. The molecule has 3 aromatic rings. The molecule has 1 N–H and O–H groups in total. The van der Waals surface area contributed by atoms with Gasteiger partial charge in [-0.3, -0.25) is 9.69 Å². The van der Waals surface area contributed by atoms with E-state index in [0.29, 0.717) is 5.56 Å². The van der Waals surface area contributed by atoms with Gasteiger partial charge in [-0.2, -0.15) is 5.10 Å². The van der Waals surface area contributed by atoms with Gasteiger partial charge in [0.2, 0.25) is 0 Å². The predicted octanol–water partition coefficient (Wildman–Crippen LogP) is 5.02. The fourth-order valence-electron chi connectivity index (χ4n) is 4.78. The third kappa shape index (κ3) is 5.50. The molecular weight excluding hydrogens is 438 g/mol. The largest absolute Gasteiger partial charge is 0.497 e. The van der Waals surface area contributed by atoms with Gasteiger partial charge >= 0.3 is 0 Å². The van der Waals surface area contributed by atoms with Gasteiger partial charge < -0.3 is 10.1 Å². The highest BCUT2D eigenvalue weighted by atomic mass is 16.5. The van der Waals surface area contributed by atoms with Crippen LogP contribution in [0.15, 0.2) is 30.3 Å². The molecule has 1 amide bonds. The van der Waals surface area contributed by atoms with Crippen molar-refractivity contribution in [2.45, 2.75) is 78.4 Å². The van der Waals surface area contributed by atoms with Crippen molar-refractivity contribution in [1.82, 2.24) is 25.0 Å². The highest BCUT2D eigenvalue weighted by molar-refractivity contribution is 6.06. The SMILES string of the molecule is COc1cccc(CN2CCC(NC(=O)c3cc(C(C)C)nc4c3c(C)nn4C(C)(C)C)CC2)c1. The van der Waals surface area contributed by atoms with Gasteiger partial charge in [0, 0.05) is 31.4 Å². The van der Waals surface area contributed by atoms with E-state index in [1.54, 1.807) is 7.11 Å². The first-order chi connectivity index (χ1) is 16.6. The van der Waals surface area contributed by atoms with Crippen LogP contribution in [0.1, 0.15) is 80.7 Å². The van der Waals surface area contributed by atoms with Crippen LogP contribution in [0, 0.1) is 6.92 Å². The minimum absolute atomic E-state index is 0.0258. The molecule has 35 heavy (non-hydrogen) atoms. The van der Waals surface area contributed by atoms with Crippen LogP contribution in [0.4, 0.5) is 0 Å². The van der Waals surface area contributed by atoms with Crippen LogP contribution in [0.3, 0.4) is 0 Å². The molecule has 1 aromatic carbocycles. The van der Waals surface area contributed by atoms with Gasteiger partial charge in [-0.25, -0.2) is 9.67 Å². The Morgan fingerprint density at radius 1 is 1.20 bits per heavy atom. The number of ether oxygens (including phenoxy) is 1. The minimum atomic E-state index is -0.224. The van der Waals surface area contributed by atoms with Crippen LogP contribution < -0.4 is 10.1 Å². The summed E-state index contributed by atoms with van der Waals surface area (Å²) in [7, 11) is 1.70. The number of carbonyl (C=O) groups is 1. The summed E-state index contributed by atoms with van der Waals surface area (Å²) >= 11 is 0.